The number of benzene rings is 1. The van der Waals surface area contributed by atoms with E-state index in [0.29, 0.717) is 11.4 Å². The molecule has 0 aliphatic heterocycles. The highest BCUT2D eigenvalue weighted by molar-refractivity contribution is 7.90. The highest BCUT2D eigenvalue weighted by Gasteiger charge is 2.10. The summed E-state index contributed by atoms with van der Waals surface area (Å²) in [4.78, 5) is 7.79. The van der Waals surface area contributed by atoms with Gasteiger partial charge in [0, 0.05) is 18.7 Å². The first-order chi connectivity index (χ1) is 8.91. The van der Waals surface area contributed by atoms with Crippen molar-refractivity contribution in [2.24, 2.45) is 5.73 Å². The van der Waals surface area contributed by atoms with Crippen LogP contribution in [0, 0.1) is 0 Å². The van der Waals surface area contributed by atoms with Gasteiger partial charge in [-0.1, -0.05) is 19.1 Å². The fourth-order valence-corrected chi connectivity index (χ4v) is 2.36. The molecule has 102 valence electrons. The first-order valence-corrected chi connectivity index (χ1v) is 7.86. The maximum absolute atomic E-state index is 11.4. The van der Waals surface area contributed by atoms with Crippen molar-refractivity contribution in [1.29, 1.82) is 0 Å². The highest BCUT2D eigenvalue weighted by Crippen LogP contribution is 2.21. The van der Waals surface area contributed by atoms with E-state index in [9.17, 15) is 8.42 Å². The number of H-pyrrole nitrogens is 1. The van der Waals surface area contributed by atoms with E-state index in [0.717, 1.165) is 17.1 Å². The van der Waals surface area contributed by atoms with Gasteiger partial charge in [-0.25, -0.2) is 13.4 Å². The van der Waals surface area contributed by atoms with E-state index in [1.807, 2.05) is 6.92 Å². The van der Waals surface area contributed by atoms with Crippen LogP contribution in [0.3, 0.4) is 0 Å². The van der Waals surface area contributed by atoms with Gasteiger partial charge in [0.25, 0.3) is 0 Å². The molecule has 2 rings (SSSR count). The van der Waals surface area contributed by atoms with E-state index in [-0.39, 0.29) is 5.92 Å². The zero-order valence-corrected chi connectivity index (χ0v) is 11.7. The van der Waals surface area contributed by atoms with Crippen molar-refractivity contribution in [3.05, 3.63) is 36.3 Å². The van der Waals surface area contributed by atoms with Gasteiger partial charge in [0.15, 0.2) is 9.84 Å². The minimum atomic E-state index is -3.16. The highest BCUT2D eigenvalue weighted by atomic mass is 32.2. The molecule has 1 aromatic heterocycles. The van der Waals surface area contributed by atoms with Crippen LogP contribution in [0.1, 0.15) is 18.7 Å². The molecule has 2 aromatic rings. The van der Waals surface area contributed by atoms with Gasteiger partial charge in [-0.05, 0) is 17.7 Å². The Hall–Kier alpha value is -1.66. The first-order valence-electron chi connectivity index (χ1n) is 5.97. The van der Waals surface area contributed by atoms with Crippen molar-refractivity contribution >= 4 is 9.84 Å². The Kier molecular flexibility index (Phi) is 3.73. The zero-order chi connectivity index (χ0) is 14.0. The molecule has 1 unspecified atom stereocenters. The normalized spacial score (nSPS) is 13.4. The van der Waals surface area contributed by atoms with Crippen LogP contribution in [-0.4, -0.2) is 31.2 Å². The Bertz CT molecular complexity index is 659. The molecule has 0 spiro atoms. The van der Waals surface area contributed by atoms with E-state index in [1.54, 1.807) is 30.5 Å². The van der Waals surface area contributed by atoms with Crippen molar-refractivity contribution in [2.75, 3.05) is 12.8 Å². The van der Waals surface area contributed by atoms with Crippen molar-refractivity contribution < 1.29 is 8.42 Å². The smallest absolute Gasteiger partial charge is 0.175 e. The third kappa shape index (κ3) is 3.02. The Labute approximate surface area is 112 Å². The van der Waals surface area contributed by atoms with E-state index < -0.39 is 9.84 Å². The van der Waals surface area contributed by atoms with Crippen molar-refractivity contribution in [2.45, 2.75) is 17.7 Å². The quantitative estimate of drug-likeness (QED) is 0.888. The summed E-state index contributed by atoms with van der Waals surface area (Å²) in [6, 6.07) is 6.72. The lowest BCUT2D eigenvalue weighted by Crippen LogP contribution is -2.10. The van der Waals surface area contributed by atoms with Gasteiger partial charge in [-0.3, -0.25) is 0 Å². The molecular weight excluding hydrogens is 262 g/mol. The summed E-state index contributed by atoms with van der Waals surface area (Å²) in [5.41, 5.74) is 7.35. The minimum absolute atomic E-state index is 0.170. The number of nitrogens with two attached hydrogens (primary N) is 1. The van der Waals surface area contributed by atoms with E-state index in [2.05, 4.69) is 9.97 Å². The molecule has 0 saturated carbocycles. The predicted molar refractivity (Wildman–Crippen MR) is 74.6 cm³/mol. The molecule has 0 amide bonds. The Morgan fingerprint density at radius 2 is 1.95 bits per heavy atom. The second-order valence-electron chi connectivity index (χ2n) is 4.62. The fourth-order valence-electron chi connectivity index (χ4n) is 1.73. The lowest BCUT2D eigenvalue weighted by molar-refractivity contribution is 0.602. The van der Waals surface area contributed by atoms with Crippen LogP contribution in [-0.2, 0) is 9.84 Å². The van der Waals surface area contributed by atoms with Crippen LogP contribution in [0.5, 0.6) is 0 Å². The summed E-state index contributed by atoms with van der Waals surface area (Å²) in [6.07, 6.45) is 2.93. The molecule has 0 aliphatic rings. The third-order valence-electron chi connectivity index (χ3n) is 3.01. The number of hydrogen-bond donors (Lipinski definition) is 2. The average Bonchev–Trinajstić information content (AvgIpc) is 2.86. The van der Waals surface area contributed by atoms with Crippen LogP contribution >= 0.6 is 0 Å². The van der Waals surface area contributed by atoms with Crippen LogP contribution in [0.25, 0.3) is 11.3 Å². The second kappa shape index (κ2) is 5.14. The van der Waals surface area contributed by atoms with Gasteiger partial charge < -0.3 is 10.7 Å². The fraction of sp³-hybridized carbons (Fsp3) is 0.308. The molecule has 0 fully saturated rings. The molecule has 0 bridgehead atoms. The second-order valence-corrected chi connectivity index (χ2v) is 6.63. The number of aromatic amines is 1. The maximum Gasteiger partial charge on any atom is 0.175 e. The summed E-state index contributed by atoms with van der Waals surface area (Å²) in [5.74, 6) is 1.01. The van der Waals surface area contributed by atoms with Crippen molar-refractivity contribution in [3.63, 3.8) is 0 Å². The molecule has 5 nitrogen and oxygen atoms in total. The summed E-state index contributed by atoms with van der Waals surface area (Å²) in [6.45, 7) is 2.52. The predicted octanol–water partition coefficient (Wildman–Crippen LogP) is 1.54. The molecule has 1 aromatic carbocycles. The monoisotopic (exact) mass is 279 g/mol. The SMILES string of the molecule is CC(CN)c1ncc(-c2ccc(S(C)(=O)=O)cc2)[nH]1. The van der Waals surface area contributed by atoms with Gasteiger partial charge in [-0.2, -0.15) is 0 Å². The van der Waals surface area contributed by atoms with E-state index >= 15 is 0 Å². The molecule has 1 heterocycles. The summed E-state index contributed by atoms with van der Waals surface area (Å²) < 4.78 is 22.8. The lowest BCUT2D eigenvalue weighted by atomic mass is 10.1. The van der Waals surface area contributed by atoms with Crippen molar-refractivity contribution in [1.82, 2.24) is 9.97 Å². The zero-order valence-electron chi connectivity index (χ0n) is 10.9. The third-order valence-corrected chi connectivity index (χ3v) is 4.14. The number of imidazole rings is 1. The van der Waals surface area contributed by atoms with Crippen LogP contribution in [0.15, 0.2) is 35.4 Å². The van der Waals surface area contributed by atoms with Gasteiger partial charge >= 0.3 is 0 Å². The summed E-state index contributed by atoms with van der Waals surface area (Å²) in [7, 11) is -3.16. The van der Waals surface area contributed by atoms with Gasteiger partial charge in [0.2, 0.25) is 0 Å². The number of rotatable bonds is 4. The molecule has 6 heteroatoms. The first kappa shape index (κ1) is 13.8. The topological polar surface area (TPSA) is 88.8 Å². The molecule has 0 saturated heterocycles. The Morgan fingerprint density at radius 1 is 1.32 bits per heavy atom. The number of sulfone groups is 1. The van der Waals surface area contributed by atoms with Gasteiger partial charge in [0.05, 0.1) is 16.8 Å². The van der Waals surface area contributed by atoms with Crippen LogP contribution in [0.2, 0.25) is 0 Å². The van der Waals surface area contributed by atoms with Gasteiger partial charge in [-0.15, -0.1) is 0 Å². The summed E-state index contributed by atoms with van der Waals surface area (Å²) >= 11 is 0. The molecule has 1 atom stereocenters. The standard InChI is InChI=1S/C13H17N3O2S/c1-9(7-14)13-15-8-12(16-13)10-3-5-11(6-4-10)19(2,17)18/h3-6,8-9H,7,14H2,1-2H3,(H,15,16). The van der Waals surface area contributed by atoms with E-state index in [1.165, 1.54) is 6.26 Å². The Morgan fingerprint density at radius 3 is 2.47 bits per heavy atom. The largest absolute Gasteiger partial charge is 0.342 e. The average molecular weight is 279 g/mol. The molecule has 0 aliphatic carbocycles. The lowest BCUT2D eigenvalue weighted by Gasteiger charge is -2.04. The number of nitrogens with zero attached hydrogens (tertiary/aromatic N) is 1. The van der Waals surface area contributed by atoms with Crippen LogP contribution in [0.4, 0.5) is 0 Å². The van der Waals surface area contributed by atoms with Crippen molar-refractivity contribution in [3.8, 4) is 11.3 Å². The van der Waals surface area contributed by atoms with Crippen LogP contribution < -0.4 is 5.73 Å². The molecule has 19 heavy (non-hydrogen) atoms. The maximum atomic E-state index is 11.4. The molecule has 3 N–H and O–H groups in total. The number of aromatic nitrogens is 2. The Balaban J connectivity index is 2.30. The number of nitrogens with one attached hydrogen (secondary N) is 1. The summed E-state index contributed by atoms with van der Waals surface area (Å²) in [5, 5.41) is 0. The number of hydrogen-bond acceptors (Lipinski definition) is 4. The minimum Gasteiger partial charge on any atom is -0.342 e. The van der Waals surface area contributed by atoms with Gasteiger partial charge in [0.1, 0.15) is 5.82 Å². The molecule has 0 radical (unpaired) electrons. The molecular formula is C13H17N3O2S. The van der Waals surface area contributed by atoms with E-state index in [4.69, 9.17) is 5.73 Å².